The number of alkyl halides is 3. The van der Waals surface area contributed by atoms with E-state index in [2.05, 4.69) is 29.0 Å². The fourth-order valence-corrected chi connectivity index (χ4v) is 2.75. The third-order valence-electron chi connectivity index (χ3n) is 3.74. The van der Waals surface area contributed by atoms with Crippen molar-refractivity contribution in [1.82, 2.24) is 10.3 Å². The lowest BCUT2D eigenvalue weighted by molar-refractivity contribution is -0.141. The van der Waals surface area contributed by atoms with Crippen LogP contribution in [0.3, 0.4) is 0 Å². The standard InChI is InChI=1S/C14H20F3N3/c1-3-18-11-6-7-20(10(2)8-11)12-4-5-13(19-9-12)14(15,16)17/h4-5,9-11,18H,3,6-8H2,1-2H3. The van der Waals surface area contributed by atoms with Crippen LogP contribution in [0.25, 0.3) is 0 Å². The molecule has 0 saturated carbocycles. The summed E-state index contributed by atoms with van der Waals surface area (Å²) >= 11 is 0. The summed E-state index contributed by atoms with van der Waals surface area (Å²) in [5.74, 6) is 0. The number of hydrogen-bond acceptors (Lipinski definition) is 3. The molecule has 1 aliphatic heterocycles. The Morgan fingerprint density at radius 1 is 1.40 bits per heavy atom. The van der Waals surface area contributed by atoms with E-state index in [0.29, 0.717) is 12.1 Å². The number of nitrogens with zero attached hydrogens (tertiary/aromatic N) is 2. The van der Waals surface area contributed by atoms with Gasteiger partial charge in [-0.15, -0.1) is 0 Å². The van der Waals surface area contributed by atoms with Crippen LogP contribution in [0.15, 0.2) is 18.3 Å². The van der Waals surface area contributed by atoms with E-state index in [1.807, 2.05) is 0 Å². The Balaban J connectivity index is 2.05. The number of hydrogen-bond donors (Lipinski definition) is 1. The van der Waals surface area contributed by atoms with Gasteiger partial charge in [0.2, 0.25) is 0 Å². The van der Waals surface area contributed by atoms with Crippen molar-refractivity contribution >= 4 is 5.69 Å². The molecule has 1 aromatic heterocycles. The maximum absolute atomic E-state index is 12.5. The highest BCUT2D eigenvalue weighted by atomic mass is 19.4. The zero-order chi connectivity index (χ0) is 14.8. The van der Waals surface area contributed by atoms with Crippen LogP contribution in [0.1, 0.15) is 32.4 Å². The van der Waals surface area contributed by atoms with Crippen molar-refractivity contribution in [2.45, 2.75) is 44.9 Å². The van der Waals surface area contributed by atoms with E-state index in [1.54, 1.807) is 0 Å². The number of halogens is 3. The Bertz CT molecular complexity index is 430. The van der Waals surface area contributed by atoms with E-state index >= 15 is 0 Å². The second-order valence-electron chi connectivity index (χ2n) is 5.22. The van der Waals surface area contributed by atoms with Crippen molar-refractivity contribution < 1.29 is 13.2 Å². The molecule has 2 heterocycles. The largest absolute Gasteiger partial charge is 0.433 e. The van der Waals surface area contributed by atoms with Gasteiger partial charge in [-0.05, 0) is 38.4 Å². The van der Waals surface area contributed by atoms with Gasteiger partial charge in [-0.25, -0.2) is 4.98 Å². The average Bonchev–Trinajstić information content (AvgIpc) is 2.38. The fourth-order valence-electron chi connectivity index (χ4n) is 2.75. The Labute approximate surface area is 117 Å². The van der Waals surface area contributed by atoms with Gasteiger partial charge in [0, 0.05) is 18.6 Å². The molecular weight excluding hydrogens is 267 g/mol. The second-order valence-corrected chi connectivity index (χ2v) is 5.22. The number of pyridine rings is 1. The van der Waals surface area contributed by atoms with Crippen molar-refractivity contribution in [3.8, 4) is 0 Å². The van der Waals surface area contributed by atoms with E-state index in [0.717, 1.165) is 37.7 Å². The molecule has 20 heavy (non-hydrogen) atoms. The first kappa shape index (κ1) is 15.1. The van der Waals surface area contributed by atoms with Crippen molar-refractivity contribution in [3.05, 3.63) is 24.0 Å². The van der Waals surface area contributed by atoms with Gasteiger partial charge in [-0.3, -0.25) is 0 Å². The van der Waals surface area contributed by atoms with E-state index in [-0.39, 0.29) is 0 Å². The highest BCUT2D eigenvalue weighted by Gasteiger charge is 2.32. The fraction of sp³-hybridized carbons (Fsp3) is 0.643. The maximum Gasteiger partial charge on any atom is 0.433 e. The summed E-state index contributed by atoms with van der Waals surface area (Å²) in [6.07, 6.45) is -1.05. The van der Waals surface area contributed by atoms with E-state index in [9.17, 15) is 13.2 Å². The summed E-state index contributed by atoms with van der Waals surface area (Å²) in [6.45, 7) is 5.96. The van der Waals surface area contributed by atoms with E-state index < -0.39 is 11.9 Å². The first-order valence-corrected chi connectivity index (χ1v) is 6.95. The highest BCUT2D eigenvalue weighted by Crippen LogP contribution is 2.30. The molecule has 0 spiro atoms. The van der Waals surface area contributed by atoms with Gasteiger partial charge in [-0.2, -0.15) is 13.2 Å². The molecule has 2 rings (SSSR count). The molecule has 1 saturated heterocycles. The molecule has 0 bridgehead atoms. The summed E-state index contributed by atoms with van der Waals surface area (Å²) in [6, 6.07) is 3.36. The minimum absolute atomic E-state index is 0.298. The van der Waals surface area contributed by atoms with Crippen LogP contribution in [-0.2, 0) is 6.18 Å². The predicted molar refractivity (Wildman–Crippen MR) is 72.7 cm³/mol. The van der Waals surface area contributed by atoms with Crippen LogP contribution in [0.2, 0.25) is 0 Å². The lowest BCUT2D eigenvalue weighted by Gasteiger charge is -2.39. The monoisotopic (exact) mass is 287 g/mol. The van der Waals surface area contributed by atoms with Crippen LogP contribution in [0, 0.1) is 0 Å². The molecule has 0 aliphatic carbocycles. The zero-order valence-electron chi connectivity index (χ0n) is 11.7. The lowest BCUT2D eigenvalue weighted by Crippen LogP contribution is -2.47. The average molecular weight is 287 g/mol. The van der Waals surface area contributed by atoms with E-state index in [1.165, 1.54) is 12.3 Å². The minimum atomic E-state index is -4.37. The van der Waals surface area contributed by atoms with Crippen LogP contribution in [-0.4, -0.2) is 30.2 Å². The van der Waals surface area contributed by atoms with Gasteiger partial charge in [0.05, 0.1) is 11.9 Å². The number of nitrogens with one attached hydrogen (secondary N) is 1. The van der Waals surface area contributed by atoms with Crippen LogP contribution < -0.4 is 10.2 Å². The quantitative estimate of drug-likeness (QED) is 0.926. The normalized spacial score (nSPS) is 23.9. The van der Waals surface area contributed by atoms with Crippen molar-refractivity contribution in [1.29, 1.82) is 0 Å². The number of aromatic nitrogens is 1. The SMILES string of the molecule is CCNC1CCN(c2ccc(C(F)(F)F)nc2)C(C)C1. The van der Waals surface area contributed by atoms with Crippen molar-refractivity contribution in [2.24, 2.45) is 0 Å². The minimum Gasteiger partial charge on any atom is -0.367 e. The highest BCUT2D eigenvalue weighted by molar-refractivity contribution is 5.46. The Morgan fingerprint density at radius 2 is 2.15 bits per heavy atom. The molecule has 0 aromatic carbocycles. The van der Waals surface area contributed by atoms with Crippen LogP contribution in [0.5, 0.6) is 0 Å². The third-order valence-corrected chi connectivity index (χ3v) is 3.74. The molecule has 3 nitrogen and oxygen atoms in total. The summed E-state index contributed by atoms with van der Waals surface area (Å²) in [7, 11) is 0. The molecule has 0 amide bonds. The van der Waals surface area contributed by atoms with Crippen LogP contribution >= 0.6 is 0 Å². The molecule has 1 fully saturated rings. The Kier molecular flexibility index (Phi) is 4.52. The number of rotatable bonds is 3. The van der Waals surface area contributed by atoms with Gasteiger partial charge < -0.3 is 10.2 Å². The van der Waals surface area contributed by atoms with Crippen molar-refractivity contribution in [3.63, 3.8) is 0 Å². The molecular formula is C14H20F3N3. The first-order chi connectivity index (χ1) is 9.41. The second kappa shape index (κ2) is 5.99. The van der Waals surface area contributed by atoms with E-state index in [4.69, 9.17) is 0 Å². The zero-order valence-corrected chi connectivity index (χ0v) is 11.7. The van der Waals surface area contributed by atoms with Crippen molar-refractivity contribution in [2.75, 3.05) is 18.0 Å². The molecule has 1 aliphatic rings. The van der Waals surface area contributed by atoms with Gasteiger partial charge >= 0.3 is 6.18 Å². The predicted octanol–water partition coefficient (Wildman–Crippen LogP) is 3.07. The summed E-state index contributed by atoms with van der Waals surface area (Å²) < 4.78 is 37.5. The molecule has 6 heteroatoms. The first-order valence-electron chi connectivity index (χ1n) is 6.95. The maximum atomic E-state index is 12.5. The molecule has 0 radical (unpaired) electrons. The molecule has 1 aromatic rings. The molecule has 2 unspecified atom stereocenters. The number of piperidine rings is 1. The third kappa shape index (κ3) is 3.42. The smallest absolute Gasteiger partial charge is 0.367 e. The summed E-state index contributed by atoms with van der Waals surface area (Å²) in [5, 5.41) is 3.42. The Morgan fingerprint density at radius 3 is 2.65 bits per heavy atom. The summed E-state index contributed by atoms with van der Waals surface area (Å²) in [4.78, 5) is 5.66. The molecule has 112 valence electrons. The van der Waals surface area contributed by atoms with Crippen LogP contribution in [0.4, 0.5) is 18.9 Å². The Hall–Kier alpha value is -1.30. The topological polar surface area (TPSA) is 28.2 Å². The molecule has 1 N–H and O–H groups in total. The lowest BCUT2D eigenvalue weighted by atomic mass is 9.97. The van der Waals surface area contributed by atoms with Gasteiger partial charge in [0.25, 0.3) is 0 Å². The number of anilines is 1. The van der Waals surface area contributed by atoms with Gasteiger partial charge in [-0.1, -0.05) is 6.92 Å². The molecule has 2 atom stereocenters. The van der Waals surface area contributed by atoms with Gasteiger partial charge in [0.1, 0.15) is 5.69 Å². The summed E-state index contributed by atoms with van der Waals surface area (Å²) in [5.41, 5.74) is -0.0723. The van der Waals surface area contributed by atoms with Gasteiger partial charge in [0.15, 0.2) is 0 Å².